The van der Waals surface area contributed by atoms with Gasteiger partial charge < -0.3 is 14.7 Å². The standard InChI is InChI=1S/C13H20N2O3/c1-5-15(9-13(2,3)17)10-6-7-14-11(8-10)12(16)18-4/h6-8,17H,5,9H2,1-4H3. The molecule has 0 atom stereocenters. The van der Waals surface area contributed by atoms with E-state index in [0.29, 0.717) is 6.54 Å². The normalized spacial score (nSPS) is 11.2. The maximum Gasteiger partial charge on any atom is 0.356 e. The van der Waals surface area contributed by atoms with Crippen molar-refractivity contribution < 1.29 is 14.6 Å². The molecule has 0 fully saturated rings. The summed E-state index contributed by atoms with van der Waals surface area (Å²) in [6.07, 6.45) is 1.56. The van der Waals surface area contributed by atoms with E-state index < -0.39 is 11.6 Å². The van der Waals surface area contributed by atoms with E-state index in [2.05, 4.69) is 9.72 Å². The summed E-state index contributed by atoms with van der Waals surface area (Å²) in [5, 5.41) is 9.86. The summed E-state index contributed by atoms with van der Waals surface area (Å²) in [6.45, 7) is 6.70. The average Bonchev–Trinajstić information content (AvgIpc) is 2.34. The van der Waals surface area contributed by atoms with Crippen molar-refractivity contribution in [1.82, 2.24) is 4.98 Å². The minimum absolute atomic E-state index is 0.268. The van der Waals surface area contributed by atoms with E-state index in [1.54, 1.807) is 26.1 Å². The van der Waals surface area contributed by atoms with Crippen LogP contribution >= 0.6 is 0 Å². The van der Waals surface area contributed by atoms with Gasteiger partial charge in [0.1, 0.15) is 5.69 Å². The van der Waals surface area contributed by atoms with Gasteiger partial charge in [-0.05, 0) is 32.9 Å². The summed E-state index contributed by atoms with van der Waals surface area (Å²) in [5.41, 5.74) is 0.310. The molecule has 1 aromatic heterocycles. The second-order valence-corrected chi connectivity index (χ2v) is 4.72. The molecule has 0 saturated heterocycles. The first-order chi connectivity index (χ1) is 8.37. The fourth-order valence-corrected chi connectivity index (χ4v) is 1.69. The Morgan fingerprint density at radius 3 is 2.72 bits per heavy atom. The number of anilines is 1. The third kappa shape index (κ3) is 4.00. The number of rotatable bonds is 5. The third-order valence-electron chi connectivity index (χ3n) is 2.46. The molecule has 1 heterocycles. The second kappa shape index (κ2) is 5.82. The smallest absolute Gasteiger partial charge is 0.356 e. The zero-order valence-corrected chi connectivity index (χ0v) is 11.3. The minimum Gasteiger partial charge on any atom is -0.464 e. The van der Waals surface area contributed by atoms with Gasteiger partial charge in [0.15, 0.2) is 0 Å². The van der Waals surface area contributed by atoms with Crippen LogP contribution in [0.3, 0.4) is 0 Å². The predicted octanol–water partition coefficient (Wildman–Crippen LogP) is 1.47. The molecule has 0 aliphatic heterocycles. The molecule has 0 saturated carbocycles. The molecule has 0 aliphatic rings. The van der Waals surface area contributed by atoms with E-state index >= 15 is 0 Å². The molecule has 0 bridgehead atoms. The SMILES string of the molecule is CCN(CC(C)(C)O)c1ccnc(C(=O)OC)c1. The van der Waals surface area contributed by atoms with Crippen LogP contribution in [-0.4, -0.2) is 41.9 Å². The molecule has 1 N–H and O–H groups in total. The maximum absolute atomic E-state index is 11.4. The van der Waals surface area contributed by atoms with Crippen LogP contribution in [0.15, 0.2) is 18.3 Å². The summed E-state index contributed by atoms with van der Waals surface area (Å²) < 4.78 is 4.64. The van der Waals surface area contributed by atoms with E-state index in [4.69, 9.17) is 0 Å². The van der Waals surface area contributed by atoms with E-state index in [-0.39, 0.29) is 5.69 Å². The highest BCUT2D eigenvalue weighted by atomic mass is 16.5. The van der Waals surface area contributed by atoms with Crippen LogP contribution in [0.1, 0.15) is 31.3 Å². The fraction of sp³-hybridized carbons (Fsp3) is 0.538. The molecule has 0 spiro atoms. The molecular weight excluding hydrogens is 232 g/mol. The largest absolute Gasteiger partial charge is 0.464 e. The molecule has 0 unspecified atom stereocenters. The number of aromatic nitrogens is 1. The van der Waals surface area contributed by atoms with Crippen molar-refractivity contribution in [1.29, 1.82) is 0 Å². The Kier molecular flexibility index (Phi) is 4.67. The van der Waals surface area contributed by atoms with Gasteiger partial charge in [0, 0.05) is 25.0 Å². The molecule has 5 nitrogen and oxygen atoms in total. The predicted molar refractivity (Wildman–Crippen MR) is 69.8 cm³/mol. The average molecular weight is 252 g/mol. The molecule has 18 heavy (non-hydrogen) atoms. The number of carbonyl (C=O) groups is 1. The number of nitrogens with zero attached hydrogens (tertiary/aromatic N) is 2. The van der Waals surface area contributed by atoms with Crippen LogP contribution < -0.4 is 4.90 Å². The van der Waals surface area contributed by atoms with Crippen molar-refractivity contribution in [2.45, 2.75) is 26.4 Å². The van der Waals surface area contributed by atoms with Crippen LogP contribution in [-0.2, 0) is 4.74 Å². The number of pyridine rings is 1. The number of esters is 1. The first-order valence-corrected chi connectivity index (χ1v) is 5.89. The Morgan fingerprint density at radius 2 is 2.22 bits per heavy atom. The second-order valence-electron chi connectivity index (χ2n) is 4.72. The lowest BCUT2D eigenvalue weighted by atomic mass is 10.1. The van der Waals surface area contributed by atoms with Gasteiger partial charge in [-0.25, -0.2) is 9.78 Å². The van der Waals surface area contributed by atoms with Crippen molar-refractivity contribution >= 4 is 11.7 Å². The number of hydrogen-bond acceptors (Lipinski definition) is 5. The van der Waals surface area contributed by atoms with E-state index in [1.807, 2.05) is 17.9 Å². The van der Waals surface area contributed by atoms with Gasteiger partial charge >= 0.3 is 5.97 Å². The lowest BCUT2D eigenvalue weighted by Crippen LogP contribution is -2.38. The molecule has 0 radical (unpaired) electrons. The topological polar surface area (TPSA) is 62.7 Å². The maximum atomic E-state index is 11.4. The summed E-state index contributed by atoms with van der Waals surface area (Å²) in [6, 6.07) is 3.47. The van der Waals surface area contributed by atoms with E-state index in [1.165, 1.54) is 7.11 Å². The van der Waals surface area contributed by atoms with Crippen molar-refractivity contribution in [2.24, 2.45) is 0 Å². The first kappa shape index (κ1) is 14.4. The molecule has 0 amide bonds. The number of carbonyl (C=O) groups excluding carboxylic acids is 1. The molecule has 1 rings (SSSR count). The van der Waals surface area contributed by atoms with Gasteiger partial charge in [0.2, 0.25) is 0 Å². The van der Waals surface area contributed by atoms with E-state index in [9.17, 15) is 9.90 Å². The Hall–Kier alpha value is -1.62. The van der Waals surface area contributed by atoms with Gasteiger partial charge in [-0.15, -0.1) is 0 Å². The highest BCUT2D eigenvalue weighted by molar-refractivity contribution is 5.88. The molecule has 0 aliphatic carbocycles. The number of likely N-dealkylation sites (N-methyl/N-ethyl adjacent to an activating group) is 1. The highest BCUT2D eigenvalue weighted by Gasteiger charge is 2.18. The minimum atomic E-state index is -0.801. The summed E-state index contributed by atoms with van der Waals surface area (Å²) in [4.78, 5) is 17.3. The number of methoxy groups -OCH3 is 1. The lowest BCUT2D eigenvalue weighted by Gasteiger charge is -2.29. The van der Waals surface area contributed by atoms with Gasteiger partial charge in [0.25, 0.3) is 0 Å². The summed E-state index contributed by atoms with van der Waals surface area (Å²) in [7, 11) is 1.32. The molecule has 1 aromatic rings. The fourth-order valence-electron chi connectivity index (χ4n) is 1.69. The van der Waals surface area contributed by atoms with Crippen molar-refractivity contribution in [3.05, 3.63) is 24.0 Å². The van der Waals surface area contributed by atoms with Crippen LogP contribution in [0.2, 0.25) is 0 Å². The Balaban J connectivity index is 2.96. The van der Waals surface area contributed by atoms with Crippen molar-refractivity contribution in [3.8, 4) is 0 Å². The van der Waals surface area contributed by atoms with Crippen LogP contribution in [0.4, 0.5) is 5.69 Å². The highest BCUT2D eigenvalue weighted by Crippen LogP contribution is 2.17. The van der Waals surface area contributed by atoms with Gasteiger partial charge in [-0.3, -0.25) is 0 Å². The number of hydrogen-bond donors (Lipinski definition) is 1. The van der Waals surface area contributed by atoms with Crippen LogP contribution in [0, 0.1) is 0 Å². The van der Waals surface area contributed by atoms with Gasteiger partial charge in [-0.2, -0.15) is 0 Å². The third-order valence-corrected chi connectivity index (χ3v) is 2.46. The van der Waals surface area contributed by atoms with Crippen LogP contribution in [0.25, 0.3) is 0 Å². The Morgan fingerprint density at radius 1 is 1.56 bits per heavy atom. The first-order valence-electron chi connectivity index (χ1n) is 5.89. The summed E-state index contributed by atoms with van der Waals surface area (Å²) in [5.74, 6) is -0.462. The van der Waals surface area contributed by atoms with Crippen LogP contribution in [0.5, 0.6) is 0 Å². The zero-order chi connectivity index (χ0) is 13.8. The zero-order valence-electron chi connectivity index (χ0n) is 11.3. The molecular formula is C13H20N2O3. The number of ether oxygens (including phenoxy) is 1. The van der Waals surface area contributed by atoms with Crippen molar-refractivity contribution in [3.63, 3.8) is 0 Å². The Bertz CT molecular complexity index is 413. The molecule has 0 aromatic carbocycles. The lowest BCUT2D eigenvalue weighted by molar-refractivity contribution is 0.0594. The van der Waals surface area contributed by atoms with E-state index in [0.717, 1.165) is 12.2 Å². The van der Waals surface area contributed by atoms with Gasteiger partial charge in [-0.1, -0.05) is 0 Å². The van der Waals surface area contributed by atoms with Crippen molar-refractivity contribution in [2.75, 3.05) is 25.1 Å². The molecule has 5 heteroatoms. The summed E-state index contributed by atoms with van der Waals surface area (Å²) >= 11 is 0. The Labute approximate surface area is 107 Å². The van der Waals surface area contributed by atoms with Gasteiger partial charge in [0.05, 0.1) is 12.7 Å². The quantitative estimate of drug-likeness (QED) is 0.804. The number of aliphatic hydroxyl groups is 1. The monoisotopic (exact) mass is 252 g/mol. The molecule has 100 valence electrons.